The average Bonchev–Trinajstić information content (AvgIpc) is 1.62. The van der Waals surface area contributed by atoms with Gasteiger partial charge in [0.2, 0.25) is 0 Å². The predicted octanol–water partition coefficient (Wildman–Crippen LogP) is 2.47. The summed E-state index contributed by atoms with van der Waals surface area (Å²) in [6, 6.07) is 0. The lowest BCUT2D eigenvalue weighted by molar-refractivity contribution is 1.21. The van der Waals surface area contributed by atoms with E-state index in [-0.39, 0.29) is 0 Å². The highest BCUT2D eigenvalue weighted by Gasteiger charge is 2.22. The summed E-state index contributed by atoms with van der Waals surface area (Å²) < 4.78 is 0. The summed E-state index contributed by atoms with van der Waals surface area (Å²) in [6.07, 6.45) is 2.05. The molecule has 0 rings (SSSR count). The highest BCUT2D eigenvalue weighted by molar-refractivity contribution is 7.74. The summed E-state index contributed by atoms with van der Waals surface area (Å²) in [5.41, 5.74) is 0.725. The fraction of sp³-hybridized carbons (Fsp3) is 0.714. The molecule has 0 aromatic rings. The molecule has 0 amide bonds. The molecule has 1 unspecified atom stereocenters. The van der Waals surface area contributed by atoms with Gasteiger partial charge in [0, 0.05) is 27.3 Å². The van der Waals surface area contributed by atoms with Gasteiger partial charge < -0.3 is 0 Å². The first-order valence-electron chi connectivity index (χ1n) is 2.92. The SMILES string of the molecule is C=CC(C)[P+](C)(C)C. The van der Waals surface area contributed by atoms with Gasteiger partial charge in [-0.15, -0.1) is 0 Å². The maximum Gasteiger partial charge on any atom is 0.0837 e. The van der Waals surface area contributed by atoms with Crippen LogP contribution in [0, 0.1) is 0 Å². The molecule has 1 heteroatoms. The Kier molecular flexibility index (Phi) is 2.70. The van der Waals surface area contributed by atoms with Crippen molar-refractivity contribution in [3.05, 3.63) is 12.7 Å². The monoisotopic (exact) mass is 131 g/mol. The first-order chi connectivity index (χ1) is 3.48. The van der Waals surface area contributed by atoms with Crippen molar-refractivity contribution in [1.29, 1.82) is 0 Å². The smallest absolute Gasteiger partial charge is 0.0837 e. The molecule has 1 atom stereocenters. The van der Waals surface area contributed by atoms with Crippen LogP contribution in [-0.2, 0) is 0 Å². The van der Waals surface area contributed by atoms with Crippen LogP contribution in [-0.4, -0.2) is 25.7 Å². The normalized spacial score (nSPS) is 15.5. The van der Waals surface area contributed by atoms with Gasteiger partial charge in [-0.25, -0.2) is 0 Å². The molecule has 0 fully saturated rings. The first kappa shape index (κ1) is 8.17. The van der Waals surface area contributed by atoms with Crippen molar-refractivity contribution in [3.63, 3.8) is 0 Å². The summed E-state index contributed by atoms with van der Waals surface area (Å²) in [4.78, 5) is 0. The van der Waals surface area contributed by atoms with E-state index in [1.807, 2.05) is 6.08 Å². The van der Waals surface area contributed by atoms with Crippen molar-refractivity contribution in [2.24, 2.45) is 0 Å². The number of rotatable bonds is 2. The number of hydrogen-bond donors (Lipinski definition) is 0. The van der Waals surface area contributed by atoms with Gasteiger partial charge in [-0.3, -0.25) is 0 Å². The fourth-order valence-corrected chi connectivity index (χ4v) is 0.949. The van der Waals surface area contributed by atoms with Gasteiger partial charge in [-0.2, -0.15) is 0 Å². The molecule has 0 aromatic heterocycles. The summed E-state index contributed by atoms with van der Waals surface area (Å²) in [7, 11) is -0.625. The molecule has 0 saturated heterocycles. The van der Waals surface area contributed by atoms with E-state index in [0.29, 0.717) is 0 Å². The zero-order valence-electron chi connectivity index (χ0n) is 6.31. The molecule has 8 heavy (non-hydrogen) atoms. The second-order valence-electron chi connectivity index (χ2n) is 3.09. The molecular formula is C7H16P+. The van der Waals surface area contributed by atoms with Crippen molar-refractivity contribution in [3.8, 4) is 0 Å². The number of hydrogen-bond acceptors (Lipinski definition) is 0. The predicted molar refractivity (Wildman–Crippen MR) is 44.4 cm³/mol. The number of allylic oxidation sites excluding steroid dienone is 1. The van der Waals surface area contributed by atoms with Crippen molar-refractivity contribution < 1.29 is 0 Å². The second kappa shape index (κ2) is 2.64. The van der Waals surface area contributed by atoms with Crippen LogP contribution >= 0.6 is 7.26 Å². The van der Waals surface area contributed by atoms with Crippen LogP contribution in [0.3, 0.4) is 0 Å². The maximum atomic E-state index is 3.75. The molecule has 0 bridgehead atoms. The minimum Gasteiger partial charge on any atom is -0.0992 e. The quantitative estimate of drug-likeness (QED) is 0.399. The lowest BCUT2D eigenvalue weighted by Gasteiger charge is -2.16. The highest BCUT2D eigenvalue weighted by Crippen LogP contribution is 2.52. The van der Waals surface area contributed by atoms with Crippen LogP contribution in [0.25, 0.3) is 0 Å². The third kappa shape index (κ3) is 2.47. The average molecular weight is 131 g/mol. The Hall–Kier alpha value is 0.170. The Bertz CT molecular complexity index is 78.9. The molecule has 0 aromatic carbocycles. The van der Waals surface area contributed by atoms with Crippen LogP contribution in [0.15, 0.2) is 12.7 Å². The standard InChI is InChI=1S/C7H16P/c1-6-7(2)8(3,4)5/h6-7H,1H2,2-5H3/q+1. The lowest BCUT2D eigenvalue weighted by atomic mass is 10.5. The van der Waals surface area contributed by atoms with Gasteiger partial charge in [-0.05, 0) is 6.92 Å². The zero-order valence-corrected chi connectivity index (χ0v) is 7.20. The summed E-state index contributed by atoms with van der Waals surface area (Å²) in [5, 5.41) is 0. The van der Waals surface area contributed by atoms with Crippen LogP contribution in [0.4, 0.5) is 0 Å². The molecule has 0 aliphatic carbocycles. The Morgan fingerprint density at radius 2 is 1.75 bits per heavy atom. The summed E-state index contributed by atoms with van der Waals surface area (Å²) in [6.45, 7) is 13.0. The Morgan fingerprint density at radius 3 is 1.75 bits per heavy atom. The van der Waals surface area contributed by atoms with E-state index in [2.05, 4.69) is 33.5 Å². The van der Waals surface area contributed by atoms with Crippen LogP contribution in [0.5, 0.6) is 0 Å². The second-order valence-corrected chi connectivity index (χ2v) is 8.14. The van der Waals surface area contributed by atoms with E-state index >= 15 is 0 Å². The van der Waals surface area contributed by atoms with Gasteiger partial charge in [0.1, 0.15) is 0 Å². The molecule has 0 saturated carbocycles. The Morgan fingerprint density at radius 1 is 1.38 bits per heavy atom. The Balaban J connectivity index is 3.80. The van der Waals surface area contributed by atoms with E-state index in [1.165, 1.54) is 0 Å². The third-order valence-corrected chi connectivity index (χ3v) is 4.22. The Labute approximate surface area is 53.3 Å². The van der Waals surface area contributed by atoms with Crippen molar-refractivity contribution >= 4 is 7.26 Å². The minimum absolute atomic E-state index is 0.625. The van der Waals surface area contributed by atoms with Crippen LogP contribution in [0.1, 0.15) is 6.92 Å². The van der Waals surface area contributed by atoms with E-state index in [9.17, 15) is 0 Å². The van der Waals surface area contributed by atoms with E-state index in [0.717, 1.165) is 5.66 Å². The van der Waals surface area contributed by atoms with Gasteiger partial charge in [0.05, 0.1) is 5.66 Å². The van der Waals surface area contributed by atoms with Gasteiger partial charge >= 0.3 is 0 Å². The molecule has 0 heterocycles. The highest BCUT2D eigenvalue weighted by atomic mass is 31.2. The molecule has 0 radical (unpaired) electrons. The molecular weight excluding hydrogens is 115 g/mol. The molecule has 0 nitrogen and oxygen atoms in total. The van der Waals surface area contributed by atoms with Crippen molar-refractivity contribution in [1.82, 2.24) is 0 Å². The molecule has 0 spiro atoms. The third-order valence-electron chi connectivity index (χ3n) is 1.56. The summed E-state index contributed by atoms with van der Waals surface area (Å²) >= 11 is 0. The molecule has 0 N–H and O–H groups in total. The summed E-state index contributed by atoms with van der Waals surface area (Å²) in [5.74, 6) is 0. The lowest BCUT2D eigenvalue weighted by Crippen LogP contribution is -2.01. The molecule has 0 aliphatic rings. The van der Waals surface area contributed by atoms with E-state index in [1.54, 1.807) is 0 Å². The van der Waals surface area contributed by atoms with Gasteiger partial charge in [0.15, 0.2) is 0 Å². The topological polar surface area (TPSA) is 0 Å². The fourth-order valence-electron chi connectivity index (χ4n) is 0.316. The van der Waals surface area contributed by atoms with Gasteiger partial charge in [0.25, 0.3) is 0 Å². The van der Waals surface area contributed by atoms with Crippen LogP contribution in [0.2, 0.25) is 0 Å². The van der Waals surface area contributed by atoms with Crippen molar-refractivity contribution in [2.75, 3.05) is 20.0 Å². The minimum atomic E-state index is -0.625. The van der Waals surface area contributed by atoms with E-state index < -0.39 is 7.26 Å². The van der Waals surface area contributed by atoms with Crippen molar-refractivity contribution in [2.45, 2.75) is 12.6 Å². The molecule has 0 aliphatic heterocycles. The first-order valence-corrected chi connectivity index (χ1v) is 6.12. The zero-order chi connectivity index (χ0) is 6.78. The van der Waals surface area contributed by atoms with Crippen LogP contribution < -0.4 is 0 Å². The largest absolute Gasteiger partial charge is 0.0992 e. The maximum absolute atomic E-state index is 3.75. The van der Waals surface area contributed by atoms with E-state index in [4.69, 9.17) is 0 Å². The van der Waals surface area contributed by atoms with Gasteiger partial charge in [-0.1, -0.05) is 12.7 Å². The molecule has 48 valence electrons.